The molecule has 5 heteroatoms. The molecule has 1 aromatic rings. The molecule has 0 unspecified atom stereocenters. The van der Waals surface area contributed by atoms with Gasteiger partial charge in [-0.1, -0.05) is 11.6 Å². The number of carboxylic acid groups (broad SMARTS) is 1. The molecule has 0 saturated heterocycles. The number of aryl methyl sites for hydroxylation is 1. The van der Waals surface area contributed by atoms with E-state index in [1.807, 2.05) is 11.5 Å². The Morgan fingerprint density at radius 3 is 2.73 bits per heavy atom. The van der Waals surface area contributed by atoms with Gasteiger partial charge >= 0.3 is 5.97 Å². The van der Waals surface area contributed by atoms with E-state index >= 15 is 0 Å². The van der Waals surface area contributed by atoms with Crippen LogP contribution in [0.5, 0.6) is 0 Å². The van der Waals surface area contributed by atoms with Gasteiger partial charge in [0.2, 0.25) is 0 Å². The van der Waals surface area contributed by atoms with Crippen LogP contribution in [0, 0.1) is 5.41 Å². The van der Waals surface area contributed by atoms with Crippen molar-refractivity contribution >= 4 is 17.6 Å². The lowest BCUT2D eigenvalue weighted by Crippen LogP contribution is -2.27. The third kappa shape index (κ3) is 2.50. The van der Waals surface area contributed by atoms with Crippen LogP contribution < -0.4 is 0 Å². The Morgan fingerprint density at radius 1 is 1.67 bits per heavy atom. The lowest BCUT2D eigenvalue weighted by Gasteiger charge is -2.19. The molecule has 0 aromatic carbocycles. The zero-order valence-electron chi connectivity index (χ0n) is 9.12. The number of carboxylic acids is 1. The van der Waals surface area contributed by atoms with Gasteiger partial charge in [-0.05, 0) is 20.8 Å². The minimum atomic E-state index is -0.831. The van der Waals surface area contributed by atoms with Crippen molar-refractivity contribution < 1.29 is 9.90 Å². The van der Waals surface area contributed by atoms with Crippen LogP contribution >= 0.6 is 11.6 Å². The van der Waals surface area contributed by atoms with Crippen LogP contribution in [0.1, 0.15) is 26.5 Å². The quantitative estimate of drug-likeness (QED) is 0.863. The molecule has 0 radical (unpaired) electrons. The number of hydrogen-bond donors (Lipinski definition) is 1. The molecular weight excluding hydrogens is 216 g/mol. The Morgan fingerprint density at radius 2 is 2.27 bits per heavy atom. The summed E-state index contributed by atoms with van der Waals surface area (Å²) in [6, 6.07) is 0. The maximum atomic E-state index is 11.0. The summed E-state index contributed by atoms with van der Waals surface area (Å²) in [7, 11) is 0. The van der Waals surface area contributed by atoms with Crippen molar-refractivity contribution in [3.63, 3.8) is 0 Å². The molecule has 1 rings (SSSR count). The normalized spacial score (nSPS) is 11.7. The number of carbonyl (C=O) groups is 1. The van der Waals surface area contributed by atoms with E-state index in [4.69, 9.17) is 16.7 Å². The molecule has 0 bridgehead atoms. The average molecular weight is 231 g/mol. The number of hydrogen-bond acceptors (Lipinski definition) is 2. The first-order valence-electron chi connectivity index (χ1n) is 4.81. The Hall–Kier alpha value is -1.03. The van der Waals surface area contributed by atoms with Crippen LogP contribution in [0.4, 0.5) is 0 Å². The van der Waals surface area contributed by atoms with E-state index in [1.54, 1.807) is 20.2 Å². The topological polar surface area (TPSA) is 55.1 Å². The first-order chi connectivity index (χ1) is 6.88. The highest BCUT2D eigenvalue weighted by atomic mass is 35.5. The smallest absolute Gasteiger partial charge is 0.309 e. The van der Waals surface area contributed by atoms with Crippen LogP contribution in [-0.4, -0.2) is 20.6 Å². The van der Waals surface area contributed by atoms with Crippen LogP contribution in [0.3, 0.4) is 0 Å². The van der Waals surface area contributed by atoms with Gasteiger partial charge in [0.05, 0.1) is 17.4 Å². The van der Waals surface area contributed by atoms with Gasteiger partial charge in [-0.15, -0.1) is 0 Å². The molecule has 0 fully saturated rings. The molecule has 4 nitrogen and oxygen atoms in total. The van der Waals surface area contributed by atoms with E-state index in [9.17, 15) is 4.79 Å². The van der Waals surface area contributed by atoms with E-state index in [-0.39, 0.29) is 0 Å². The summed E-state index contributed by atoms with van der Waals surface area (Å²) in [4.78, 5) is 15.0. The average Bonchev–Trinajstić information content (AvgIpc) is 2.47. The number of nitrogens with zero attached hydrogens (tertiary/aromatic N) is 2. The number of halogens is 1. The summed E-state index contributed by atoms with van der Waals surface area (Å²) in [5, 5.41) is 9.42. The fourth-order valence-corrected chi connectivity index (χ4v) is 1.54. The van der Waals surface area contributed by atoms with Gasteiger partial charge in [-0.2, -0.15) is 0 Å². The van der Waals surface area contributed by atoms with Crippen molar-refractivity contribution in [2.75, 3.05) is 0 Å². The highest BCUT2D eigenvalue weighted by Gasteiger charge is 2.29. The number of imidazole rings is 1. The summed E-state index contributed by atoms with van der Waals surface area (Å²) in [5.74, 6) is -0.831. The third-order valence-corrected chi connectivity index (χ3v) is 2.74. The Bertz CT molecular complexity index is 371. The summed E-state index contributed by atoms with van der Waals surface area (Å²) >= 11 is 5.91. The van der Waals surface area contributed by atoms with Gasteiger partial charge in [-0.3, -0.25) is 4.79 Å². The minimum absolute atomic E-state index is 0.384. The van der Waals surface area contributed by atoms with Gasteiger partial charge in [0.1, 0.15) is 5.15 Å². The standard InChI is InChI=1S/C10H15ClN2O2/c1-4-13-6-12-8(11)7(13)5-10(2,3)9(14)15/h6H,4-5H2,1-3H3,(H,14,15). The molecule has 15 heavy (non-hydrogen) atoms. The predicted octanol–water partition coefficient (Wildman–Crippen LogP) is 2.21. The van der Waals surface area contributed by atoms with Crippen molar-refractivity contribution in [2.24, 2.45) is 5.41 Å². The van der Waals surface area contributed by atoms with Crippen molar-refractivity contribution in [2.45, 2.75) is 33.7 Å². The molecule has 1 N–H and O–H groups in total. The molecule has 0 aliphatic rings. The maximum absolute atomic E-state index is 11.0. The molecule has 1 aromatic heterocycles. The Kier molecular flexibility index (Phi) is 3.39. The first kappa shape index (κ1) is 12.0. The SMILES string of the molecule is CCn1cnc(Cl)c1CC(C)(C)C(=O)O. The molecule has 0 spiro atoms. The van der Waals surface area contributed by atoms with E-state index in [2.05, 4.69) is 4.98 Å². The van der Waals surface area contributed by atoms with E-state index in [0.717, 1.165) is 12.2 Å². The molecule has 0 saturated carbocycles. The van der Waals surface area contributed by atoms with E-state index in [0.29, 0.717) is 11.6 Å². The monoisotopic (exact) mass is 230 g/mol. The van der Waals surface area contributed by atoms with E-state index in [1.165, 1.54) is 0 Å². The van der Waals surface area contributed by atoms with Crippen molar-refractivity contribution in [1.82, 2.24) is 9.55 Å². The summed E-state index contributed by atoms with van der Waals surface area (Å²) in [5.41, 5.74) is -0.0390. The Labute approximate surface area is 93.9 Å². The fraction of sp³-hybridized carbons (Fsp3) is 0.600. The van der Waals surface area contributed by atoms with Gasteiger partial charge in [-0.25, -0.2) is 4.98 Å². The van der Waals surface area contributed by atoms with Gasteiger partial charge in [0.25, 0.3) is 0 Å². The molecule has 84 valence electrons. The van der Waals surface area contributed by atoms with Crippen LogP contribution in [0.2, 0.25) is 5.15 Å². The molecular formula is C10H15ClN2O2. The van der Waals surface area contributed by atoms with Crippen molar-refractivity contribution in [1.29, 1.82) is 0 Å². The van der Waals surface area contributed by atoms with Gasteiger partial charge in [0.15, 0.2) is 0 Å². The lowest BCUT2D eigenvalue weighted by atomic mass is 9.88. The second-order valence-electron chi connectivity index (χ2n) is 4.13. The minimum Gasteiger partial charge on any atom is -0.481 e. The molecule has 0 amide bonds. The third-order valence-electron chi connectivity index (χ3n) is 2.42. The lowest BCUT2D eigenvalue weighted by molar-refractivity contribution is -0.146. The van der Waals surface area contributed by atoms with Gasteiger partial charge in [0, 0.05) is 13.0 Å². The molecule has 0 aliphatic heterocycles. The van der Waals surface area contributed by atoms with Crippen molar-refractivity contribution in [3.05, 3.63) is 17.2 Å². The van der Waals surface area contributed by atoms with Gasteiger partial charge < -0.3 is 9.67 Å². The predicted molar refractivity (Wildman–Crippen MR) is 58.0 cm³/mol. The summed E-state index contributed by atoms with van der Waals surface area (Å²) < 4.78 is 1.87. The zero-order chi connectivity index (χ0) is 11.6. The fourth-order valence-electron chi connectivity index (χ4n) is 1.32. The molecule has 0 atom stereocenters. The highest BCUT2D eigenvalue weighted by molar-refractivity contribution is 6.30. The first-order valence-corrected chi connectivity index (χ1v) is 5.19. The zero-order valence-corrected chi connectivity index (χ0v) is 9.88. The number of rotatable bonds is 4. The maximum Gasteiger partial charge on any atom is 0.309 e. The number of aliphatic carboxylic acids is 1. The van der Waals surface area contributed by atoms with Crippen LogP contribution in [-0.2, 0) is 17.8 Å². The second-order valence-corrected chi connectivity index (χ2v) is 4.49. The second kappa shape index (κ2) is 4.23. The molecule has 1 heterocycles. The largest absolute Gasteiger partial charge is 0.481 e. The summed E-state index contributed by atoms with van der Waals surface area (Å²) in [6.07, 6.45) is 2.02. The van der Waals surface area contributed by atoms with Crippen LogP contribution in [0.15, 0.2) is 6.33 Å². The van der Waals surface area contributed by atoms with E-state index < -0.39 is 11.4 Å². The molecule has 0 aliphatic carbocycles. The van der Waals surface area contributed by atoms with Crippen molar-refractivity contribution in [3.8, 4) is 0 Å². The Balaban J connectivity index is 2.98. The van der Waals surface area contributed by atoms with Crippen LogP contribution in [0.25, 0.3) is 0 Å². The number of aromatic nitrogens is 2. The highest BCUT2D eigenvalue weighted by Crippen LogP contribution is 2.26. The summed E-state index contributed by atoms with van der Waals surface area (Å²) in [6.45, 7) is 6.07.